The summed E-state index contributed by atoms with van der Waals surface area (Å²) in [5.41, 5.74) is 5.63. The molecule has 4 aromatic carbocycles. The molecule has 20 heteroatoms. The normalized spacial score (nSPS) is 16.7. The Morgan fingerprint density at radius 2 is 0.947 bits per heavy atom. The van der Waals surface area contributed by atoms with E-state index in [1.807, 2.05) is 146 Å². The van der Waals surface area contributed by atoms with Crippen molar-refractivity contribution < 1.29 is 57.2 Å². The predicted molar refractivity (Wildman–Crippen MR) is 362 cm³/mol. The molecule has 508 valence electrons. The number of esters is 2. The molecule has 2 aromatic heterocycles. The second-order valence-electron chi connectivity index (χ2n) is 25.6. The third-order valence-corrected chi connectivity index (χ3v) is 16.9. The third kappa shape index (κ3) is 22.2. The summed E-state index contributed by atoms with van der Waals surface area (Å²) >= 11 is 0. The molecule has 0 aliphatic heterocycles. The zero-order valence-corrected chi connectivity index (χ0v) is 56.8. The lowest BCUT2D eigenvalue weighted by Gasteiger charge is -2.29. The van der Waals surface area contributed by atoms with Gasteiger partial charge in [-0.15, -0.1) is 0 Å². The highest BCUT2D eigenvalue weighted by atomic mass is 16.5. The standard InChI is InChI=1S/2C37H50N4O6/c1-6-46-35(43)18-19-38-34(42)22-28(20-25(2)3)39-37(44)30-23-31(41(40-30)29-15-10-12-26(4)21-29)36-32(45-5)16-11-17-33(36)47-24-27-13-8-7-9-14-27;1-6-46-35(43)19-20-38-34(42)22-28(21-25(2)3)39-37(44)30-23-31(41(40-30)29-17-15-26(4)16-18-29)36-32(45-5)13-10-14-33(36)47-24-27-11-8-7-9-12-27/h7-9,11,13-14,16-17,23,25-26,28-29H,6,10,12,15,18-22,24H2,1-5H3,(H,38,42)(H,39,44);7-14,23,25-26,28-29H,6,15-22,24H2,1-5H3,(H,38,42)(H,39,44)/t2*26?,28-,29?/m00/s1. The molecular formula is C74H100N8O12. The first-order valence-corrected chi connectivity index (χ1v) is 33.7. The monoisotopic (exact) mass is 1290 g/mol. The Hall–Kier alpha value is -8.68. The summed E-state index contributed by atoms with van der Waals surface area (Å²) in [6.07, 6.45) is 9.80. The Morgan fingerprint density at radius 3 is 1.35 bits per heavy atom. The molecule has 2 heterocycles. The lowest BCUT2D eigenvalue weighted by Crippen LogP contribution is -2.40. The number of rotatable bonds is 32. The number of amides is 4. The molecule has 2 saturated carbocycles. The van der Waals surface area contributed by atoms with E-state index in [2.05, 4.69) is 35.1 Å². The molecule has 4 amide bonds. The van der Waals surface area contributed by atoms with Crippen molar-refractivity contribution in [1.29, 1.82) is 0 Å². The number of ether oxygens (including phenoxy) is 6. The number of hydrogen-bond donors (Lipinski definition) is 4. The fourth-order valence-corrected chi connectivity index (χ4v) is 12.3. The van der Waals surface area contributed by atoms with Crippen molar-refractivity contribution in [1.82, 2.24) is 40.8 Å². The van der Waals surface area contributed by atoms with Crippen LogP contribution in [0, 0.1) is 23.7 Å². The quantitative estimate of drug-likeness (QED) is 0.0287. The van der Waals surface area contributed by atoms with Gasteiger partial charge in [-0.2, -0.15) is 10.2 Å². The topological polar surface area (TPSA) is 242 Å². The van der Waals surface area contributed by atoms with Crippen LogP contribution in [0.1, 0.15) is 189 Å². The van der Waals surface area contributed by atoms with E-state index in [-0.39, 0.29) is 110 Å². The number of methoxy groups -OCH3 is 2. The van der Waals surface area contributed by atoms with Crippen molar-refractivity contribution in [3.8, 4) is 45.5 Å². The van der Waals surface area contributed by atoms with Crippen molar-refractivity contribution in [2.45, 2.75) is 183 Å². The lowest BCUT2D eigenvalue weighted by atomic mass is 9.87. The van der Waals surface area contributed by atoms with Gasteiger partial charge in [0.05, 0.1) is 74.9 Å². The third-order valence-electron chi connectivity index (χ3n) is 16.9. The number of hydrogen-bond acceptors (Lipinski definition) is 14. The highest BCUT2D eigenvalue weighted by Gasteiger charge is 2.32. The van der Waals surface area contributed by atoms with Crippen LogP contribution in [0.5, 0.6) is 23.0 Å². The van der Waals surface area contributed by atoms with Crippen LogP contribution in [-0.2, 0) is 41.9 Å². The summed E-state index contributed by atoms with van der Waals surface area (Å²) in [6, 6.07) is 34.4. The number of aromatic nitrogens is 4. The number of carbonyl (C=O) groups is 6. The molecule has 6 aromatic rings. The summed E-state index contributed by atoms with van der Waals surface area (Å²) in [4.78, 5) is 76.6. The Bertz CT molecular complexity index is 3380. The number of nitrogens with one attached hydrogen (secondary N) is 4. The van der Waals surface area contributed by atoms with E-state index in [0.717, 1.165) is 78.6 Å². The fourth-order valence-electron chi connectivity index (χ4n) is 12.3. The van der Waals surface area contributed by atoms with Gasteiger partial charge in [0.15, 0.2) is 11.4 Å². The molecule has 8 rings (SSSR count). The van der Waals surface area contributed by atoms with Crippen molar-refractivity contribution in [3.63, 3.8) is 0 Å². The van der Waals surface area contributed by atoms with E-state index >= 15 is 0 Å². The molecule has 2 fully saturated rings. The van der Waals surface area contributed by atoms with E-state index in [1.165, 1.54) is 6.42 Å². The van der Waals surface area contributed by atoms with Crippen LogP contribution in [0.2, 0.25) is 0 Å². The first-order chi connectivity index (χ1) is 45.4. The van der Waals surface area contributed by atoms with Crippen LogP contribution in [0.3, 0.4) is 0 Å². The van der Waals surface area contributed by atoms with Gasteiger partial charge in [-0.05, 0) is 136 Å². The van der Waals surface area contributed by atoms with E-state index in [0.29, 0.717) is 74.1 Å². The van der Waals surface area contributed by atoms with Gasteiger partial charge in [0.2, 0.25) is 11.8 Å². The van der Waals surface area contributed by atoms with Gasteiger partial charge in [-0.25, -0.2) is 0 Å². The molecular weight excluding hydrogens is 1190 g/mol. The molecule has 2 aliphatic rings. The van der Waals surface area contributed by atoms with Crippen molar-refractivity contribution >= 4 is 35.6 Å². The molecule has 0 saturated heterocycles. The SMILES string of the molecule is CCOC(=O)CCNC(=O)C[C@H](CC(C)C)NC(=O)c1cc(-c2c(OC)cccc2OCc2ccccc2)n(C2CCC(C)CC2)n1.CCOC(=O)CCNC(=O)C[C@H](CC(C)C)NC(=O)c1cc(-c2c(OC)cccc2OCc2ccccc2)n(C2CCCC(C)C2)n1. The average molecular weight is 1290 g/mol. The first-order valence-electron chi connectivity index (χ1n) is 33.7. The van der Waals surface area contributed by atoms with Gasteiger partial charge in [0, 0.05) is 38.0 Å². The zero-order chi connectivity index (χ0) is 67.5. The van der Waals surface area contributed by atoms with Crippen LogP contribution >= 0.6 is 0 Å². The molecule has 2 aliphatic carbocycles. The summed E-state index contributed by atoms with van der Waals surface area (Å²) in [5, 5.41) is 21.5. The van der Waals surface area contributed by atoms with E-state index in [1.54, 1.807) is 28.1 Å². The predicted octanol–water partition coefficient (Wildman–Crippen LogP) is 13.0. The summed E-state index contributed by atoms with van der Waals surface area (Å²) < 4.78 is 38.3. The second kappa shape index (κ2) is 37.3. The Labute approximate surface area is 555 Å². The van der Waals surface area contributed by atoms with E-state index in [9.17, 15) is 28.8 Å². The highest BCUT2D eigenvalue weighted by Crippen LogP contribution is 2.45. The molecule has 94 heavy (non-hydrogen) atoms. The molecule has 2 unspecified atom stereocenters. The summed E-state index contributed by atoms with van der Waals surface area (Å²) in [5.74, 6) is 2.31. The molecule has 0 bridgehead atoms. The Morgan fingerprint density at radius 1 is 0.521 bits per heavy atom. The largest absolute Gasteiger partial charge is 0.496 e. The van der Waals surface area contributed by atoms with Crippen LogP contribution in [0.25, 0.3) is 22.5 Å². The molecule has 0 spiro atoms. The van der Waals surface area contributed by atoms with Gasteiger partial charge in [0.1, 0.15) is 36.2 Å². The van der Waals surface area contributed by atoms with Crippen LogP contribution in [0.15, 0.2) is 109 Å². The number of nitrogens with zero attached hydrogens (tertiary/aromatic N) is 4. The molecule has 20 nitrogen and oxygen atoms in total. The average Bonchev–Trinajstić information content (AvgIpc) is 1.61. The Balaban J connectivity index is 0.000000266. The summed E-state index contributed by atoms with van der Waals surface area (Å²) in [7, 11) is 3.26. The second-order valence-corrected chi connectivity index (χ2v) is 25.6. The van der Waals surface area contributed by atoms with Crippen molar-refractivity contribution in [2.75, 3.05) is 40.5 Å². The minimum absolute atomic E-state index is 0.0877. The molecule has 4 atom stereocenters. The van der Waals surface area contributed by atoms with E-state index in [4.69, 9.17) is 38.6 Å². The maximum absolute atomic E-state index is 13.8. The van der Waals surface area contributed by atoms with Gasteiger partial charge in [0.25, 0.3) is 11.8 Å². The lowest BCUT2D eigenvalue weighted by molar-refractivity contribution is -0.144. The van der Waals surface area contributed by atoms with Gasteiger partial charge >= 0.3 is 11.9 Å². The van der Waals surface area contributed by atoms with Crippen LogP contribution in [0.4, 0.5) is 0 Å². The van der Waals surface area contributed by atoms with Crippen LogP contribution < -0.4 is 40.2 Å². The van der Waals surface area contributed by atoms with Crippen molar-refractivity contribution in [2.24, 2.45) is 23.7 Å². The smallest absolute Gasteiger partial charge is 0.307 e. The number of carbonyl (C=O) groups excluding carboxylic acids is 6. The van der Waals surface area contributed by atoms with Crippen LogP contribution in [-0.4, -0.2) is 108 Å². The van der Waals surface area contributed by atoms with Crippen molar-refractivity contribution in [3.05, 3.63) is 132 Å². The van der Waals surface area contributed by atoms with Gasteiger partial charge in [-0.3, -0.25) is 38.1 Å². The highest BCUT2D eigenvalue weighted by molar-refractivity contribution is 5.95. The fraction of sp³-hybridized carbons (Fsp3) is 0.514. The number of benzene rings is 4. The minimum atomic E-state index is -0.413. The zero-order valence-electron chi connectivity index (χ0n) is 56.8. The van der Waals surface area contributed by atoms with Gasteiger partial charge in [-0.1, -0.05) is 127 Å². The summed E-state index contributed by atoms with van der Waals surface area (Å²) in [6.45, 7) is 17.9. The molecule has 0 radical (unpaired) electrons. The maximum Gasteiger partial charge on any atom is 0.307 e. The first kappa shape index (κ1) is 72.7. The molecule has 4 N–H and O–H groups in total. The van der Waals surface area contributed by atoms with Gasteiger partial charge < -0.3 is 49.7 Å². The Kier molecular flexibility index (Phi) is 28.8. The minimum Gasteiger partial charge on any atom is -0.496 e. The maximum atomic E-state index is 13.8. The van der Waals surface area contributed by atoms with E-state index < -0.39 is 12.1 Å².